The summed E-state index contributed by atoms with van der Waals surface area (Å²) >= 11 is 6.14. The molecule has 2 rings (SSSR count). The summed E-state index contributed by atoms with van der Waals surface area (Å²) in [7, 11) is 0. The van der Waals surface area contributed by atoms with E-state index >= 15 is 0 Å². The third kappa shape index (κ3) is 3.04. The van der Waals surface area contributed by atoms with Gasteiger partial charge in [0, 0.05) is 5.02 Å². The predicted octanol–water partition coefficient (Wildman–Crippen LogP) is 6.36. The molecule has 2 aromatic carbocycles. The Morgan fingerprint density at radius 2 is 1.75 bits per heavy atom. The molecule has 20 heavy (non-hydrogen) atoms. The van der Waals surface area contributed by atoms with Crippen LogP contribution >= 0.6 is 11.6 Å². The van der Waals surface area contributed by atoms with Crippen LogP contribution in [0.5, 0.6) is 0 Å². The number of hydrogen-bond donors (Lipinski definition) is 0. The maximum Gasteiger partial charge on any atom is 0.126 e. The van der Waals surface area contributed by atoms with Crippen LogP contribution in [0.1, 0.15) is 43.7 Å². The number of halogens is 2. The van der Waals surface area contributed by atoms with Gasteiger partial charge in [0.05, 0.1) is 0 Å². The monoisotopic (exact) mass is 290 g/mol. The average Bonchev–Trinajstić information content (AvgIpc) is 2.44. The van der Waals surface area contributed by atoms with Crippen LogP contribution in [0.2, 0.25) is 5.02 Å². The fourth-order valence-corrected chi connectivity index (χ4v) is 2.80. The molecule has 0 saturated heterocycles. The summed E-state index contributed by atoms with van der Waals surface area (Å²) in [6.07, 6.45) is 2.14. The van der Waals surface area contributed by atoms with E-state index in [4.69, 9.17) is 11.6 Å². The molecule has 0 heterocycles. The van der Waals surface area contributed by atoms with Crippen molar-refractivity contribution >= 4 is 11.6 Å². The van der Waals surface area contributed by atoms with E-state index in [0.29, 0.717) is 16.5 Å². The fourth-order valence-electron chi connectivity index (χ4n) is 2.62. The van der Waals surface area contributed by atoms with E-state index in [2.05, 4.69) is 19.9 Å². The lowest BCUT2D eigenvalue weighted by Gasteiger charge is -2.18. The van der Waals surface area contributed by atoms with Crippen LogP contribution in [0.4, 0.5) is 4.39 Å². The van der Waals surface area contributed by atoms with Gasteiger partial charge in [-0.05, 0) is 66.1 Å². The van der Waals surface area contributed by atoms with Gasteiger partial charge in [0.2, 0.25) is 0 Å². The molecule has 0 fully saturated rings. The lowest BCUT2D eigenvalue weighted by atomic mass is 9.87. The standard InChI is InChI=1S/C18H20ClF/c1-4-13(5-2)16-9-8-15(19)11-17(16)14-7-6-12(3)18(20)10-14/h6-11,13H,4-5H2,1-3H3. The second-order valence-corrected chi connectivity index (χ2v) is 5.65. The Morgan fingerprint density at radius 3 is 2.35 bits per heavy atom. The first-order valence-electron chi connectivity index (χ1n) is 7.12. The lowest BCUT2D eigenvalue weighted by molar-refractivity contribution is 0.618. The van der Waals surface area contributed by atoms with E-state index in [9.17, 15) is 4.39 Å². The quantitative estimate of drug-likeness (QED) is 0.615. The number of hydrogen-bond acceptors (Lipinski definition) is 0. The van der Waals surface area contributed by atoms with Crippen molar-refractivity contribution in [3.05, 3.63) is 58.4 Å². The van der Waals surface area contributed by atoms with Crippen LogP contribution in [-0.4, -0.2) is 0 Å². The largest absolute Gasteiger partial charge is 0.207 e. The Morgan fingerprint density at radius 1 is 1.05 bits per heavy atom. The zero-order valence-corrected chi connectivity index (χ0v) is 13.0. The summed E-state index contributed by atoms with van der Waals surface area (Å²) in [6, 6.07) is 11.3. The molecule has 0 aliphatic carbocycles. The summed E-state index contributed by atoms with van der Waals surface area (Å²) in [6.45, 7) is 6.14. The van der Waals surface area contributed by atoms with E-state index in [1.54, 1.807) is 13.0 Å². The van der Waals surface area contributed by atoms with Crippen molar-refractivity contribution in [2.75, 3.05) is 0 Å². The van der Waals surface area contributed by atoms with Crippen molar-refractivity contribution in [2.45, 2.75) is 39.5 Å². The van der Waals surface area contributed by atoms with Gasteiger partial charge < -0.3 is 0 Å². The second-order valence-electron chi connectivity index (χ2n) is 5.21. The first-order chi connectivity index (χ1) is 9.56. The van der Waals surface area contributed by atoms with Crippen LogP contribution in [0.25, 0.3) is 11.1 Å². The zero-order valence-electron chi connectivity index (χ0n) is 12.2. The third-order valence-corrected chi connectivity index (χ3v) is 4.16. The highest BCUT2D eigenvalue weighted by atomic mass is 35.5. The van der Waals surface area contributed by atoms with E-state index in [-0.39, 0.29) is 5.82 Å². The van der Waals surface area contributed by atoms with Crippen LogP contribution < -0.4 is 0 Å². The molecule has 2 heteroatoms. The average molecular weight is 291 g/mol. The maximum atomic E-state index is 13.8. The molecule has 0 nitrogen and oxygen atoms in total. The molecule has 0 unspecified atom stereocenters. The summed E-state index contributed by atoms with van der Waals surface area (Å²) in [5, 5.41) is 0.690. The van der Waals surface area contributed by atoms with Gasteiger partial charge >= 0.3 is 0 Å². The topological polar surface area (TPSA) is 0 Å². The van der Waals surface area contributed by atoms with Crippen molar-refractivity contribution in [2.24, 2.45) is 0 Å². The first-order valence-corrected chi connectivity index (χ1v) is 7.50. The van der Waals surface area contributed by atoms with Gasteiger partial charge in [-0.25, -0.2) is 4.39 Å². The van der Waals surface area contributed by atoms with Gasteiger partial charge in [-0.15, -0.1) is 0 Å². The molecule has 0 saturated carbocycles. The number of aryl methyl sites for hydroxylation is 1. The smallest absolute Gasteiger partial charge is 0.126 e. The third-order valence-electron chi connectivity index (χ3n) is 3.92. The predicted molar refractivity (Wildman–Crippen MR) is 84.9 cm³/mol. The van der Waals surface area contributed by atoms with Crippen LogP contribution in [0, 0.1) is 12.7 Å². The van der Waals surface area contributed by atoms with Gasteiger partial charge in [0.15, 0.2) is 0 Å². The molecule has 0 aromatic heterocycles. The summed E-state index contributed by atoms with van der Waals surface area (Å²) in [5.41, 5.74) is 3.87. The Kier molecular flexibility index (Phi) is 4.82. The van der Waals surface area contributed by atoms with Crippen molar-refractivity contribution < 1.29 is 4.39 Å². The van der Waals surface area contributed by atoms with Gasteiger partial charge in [0.1, 0.15) is 5.82 Å². The normalized spacial score (nSPS) is 11.1. The van der Waals surface area contributed by atoms with E-state index < -0.39 is 0 Å². The van der Waals surface area contributed by atoms with Gasteiger partial charge in [-0.1, -0.05) is 43.6 Å². The Bertz CT molecular complexity index is 600. The van der Waals surface area contributed by atoms with Crippen molar-refractivity contribution in [3.8, 4) is 11.1 Å². The molecular formula is C18H20ClF. The lowest BCUT2D eigenvalue weighted by Crippen LogP contribution is -1.99. The summed E-state index contributed by atoms with van der Waals surface area (Å²) < 4.78 is 13.8. The summed E-state index contributed by atoms with van der Waals surface area (Å²) in [4.78, 5) is 0. The van der Waals surface area contributed by atoms with Crippen molar-refractivity contribution in [1.29, 1.82) is 0 Å². The molecule has 0 aliphatic heterocycles. The molecule has 0 spiro atoms. The molecular weight excluding hydrogens is 271 g/mol. The zero-order chi connectivity index (χ0) is 14.7. The molecule has 0 atom stereocenters. The minimum absolute atomic E-state index is 0.169. The van der Waals surface area contributed by atoms with E-state index in [1.807, 2.05) is 24.3 Å². The summed E-state index contributed by atoms with van der Waals surface area (Å²) in [5.74, 6) is 0.310. The van der Waals surface area contributed by atoms with E-state index in [1.165, 1.54) is 5.56 Å². The van der Waals surface area contributed by atoms with Gasteiger partial charge in [-0.3, -0.25) is 0 Å². The second kappa shape index (κ2) is 6.41. The number of benzene rings is 2. The Balaban J connectivity index is 2.59. The molecule has 0 N–H and O–H groups in total. The SMILES string of the molecule is CCC(CC)c1ccc(Cl)cc1-c1ccc(C)c(F)c1. The fraction of sp³-hybridized carbons (Fsp3) is 0.333. The number of rotatable bonds is 4. The highest BCUT2D eigenvalue weighted by molar-refractivity contribution is 6.30. The molecule has 106 valence electrons. The molecule has 2 aromatic rings. The van der Waals surface area contributed by atoms with Crippen LogP contribution in [0.15, 0.2) is 36.4 Å². The molecule has 0 aliphatic rings. The minimum atomic E-state index is -0.169. The molecule has 0 amide bonds. The van der Waals surface area contributed by atoms with E-state index in [0.717, 1.165) is 24.0 Å². The molecule has 0 bridgehead atoms. The van der Waals surface area contributed by atoms with Crippen LogP contribution in [0.3, 0.4) is 0 Å². The highest BCUT2D eigenvalue weighted by Crippen LogP contribution is 2.35. The van der Waals surface area contributed by atoms with Crippen LogP contribution in [-0.2, 0) is 0 Å². The highest BCUT2D eigenvalue weighted by Gasteiger charge is 2.14. The Hall–Kier alpha value is -1.34. The van der Waals surface area contributed by atoms with Crippen molar-refractivity contribution in [1.82, 2.24) is 0 Å². The first kappa shape index (κ1) is 15.1. The molecule has 0 radical (unpaired) electrons. The van der Waals surface area contributed by atoms with Gasteiger partial charge in [0.25, 0.3) is 0 Å². The Labute approximate surface area is 125 Å². The minimum Gasteiger partial charge on any atom is -0.207 e. The maximum absolute atomic E-state index is 13.8. The van der Waals surface area contributed by atoms with Gasteiger partial charge in [-0.2, -0.15) is 0 Å². The van der Waals surface area contributed by atoms with Crippen molar-refractivity contribution in [3.63, 3.8) is 0 Å².